The van der Waals surface area contributed by atoms with Gasteiger partial charge in [0.25, 0.3) is 0 Å². The van der Waals surface area contributed by atoms with Gasteiger partial charge in [-0.1, -0.05) is 5.16 Å². The van der Waals surface area contributed by atoms with Crippen LogP contribution < -0.4 is 0 Å². The number of nitrogens with one attached hydrogen (secondary N) is 1. The van der Waals surface area contributed by atoms with Gasteiger partial charge >= 0.3 is 0 Å². The minimum absolute atomic E-state index is 0.174. The third-order valence-electron chi connectivity index (χ3n) is 3.49. The van der Waals surface area contributed by atoms with Crippen molar-refractivity contribution in [3.8, 4) is 11.1 Å². The topological polar surface area (TPSA) is 71.8 Å². The number of hydrogen-bond donors (Lipinski definition) is 1. The van der Waals surface area contributed by atoms with E-state index in [1.165, 1.54) is 0 Å². The van der Waals surface area contributed by atoms with Crippen LogP contribution in [0.3, 0.4) is 0 Å². The molecule has 0 bridgehead atoms. The zero-order chi connectivity index (χ0) is 15.1. The number of aromatic nitrogens is 3. The van der Waals surface area contributed by atoms with Crippen molar-refractivity contribution in [1.29, 1.82) is 0 Å². The number of pyridine rings is 1. The molecule has 5 nitrogen and oxygen atoms in total. The number of aromatic amines is 1. The summed E-state index contributed by atoms with van der Waals surface area (Å²) in [5.74, 6) is 0.438. The van der Waals surface area contributed by atoms with Crippen LogP contribution in [-0.4, -0.2) is 20.9 Å². The van der Waals surface area contributed by atoms with Crippen molar-refractivity contribution < 1.29 is 9.32 Å². The van der Waals surface area contributed by atoms with Gasteiger partial charge in [0.2, 0.25) is 5.78 Å². The van der Waals surface area contributed by atoms with E-state index in [0.29, 0.717) is 22.7 Å². The standard InChI is InChI=1S/C16H11N3O2S/c1-9-4-14(19-21-9)15(20)13-7-18-16-12(13)5-11(6-17-16)10-2-3-22-8-10/h2-8H,1H3,(H,17,18). The van der Waals surface area contributed by atoms with Crippen LogP contribution in [0.2, 0.25) is 0 Å². The molecule has 0 aliphatic heterocycles. The molecule has 0 spiro atoms. The van der Waals surface area contributed by atoms with Gasteiger partial charge in [0.15, 0.2) is 5.69 Å². The van der Waals surface area contributed by atoms with E-state index in [1.807, 2.05) is 17.5 Å². The Balaban J connectivity index is 1.84. The van der Waals surface area contributed by atoms with E-state index in [9.17, 15) is 4.79 Å². The van der Waals surface area contributed by atoms with E-state index in [2.05, 4.69) is 20.5 Å². The predicted octanol–water partition coefficient (Wildman–Crippen LogP) is 3.82. The molecule has 22 heavy (non-hydrogen) atoms. The minimum Gasteiger partial charge on any atom is -0.361 e. The lowest BCUT2D eigenvalue weighted by molar-refractivity contribution is 0.103. The largest absolute Gasteiger partial charge is 0.361 e. The molecule has 0 saturated carbocycles. The lowest BCUT2D eigenvalue weighted by Gasteiger charge is -1.99. The van der Waals surface area contributed by atoms with Crippen molar-refractivity contribution >= 4 is 28.2 Å². The molecule has 4 aromatic heterocycles. The summed E-state index contributed by atoms with van der Waals surface area (Å²) in [5.41, 5.74) is 3.62. The van der Waals surface area contributed by atoms with Gasteiger partial charge in [0.1, 0.15) is 11.4 Å². The second-order valence-electron chi connectivity index (χ2n) is 4.99. The number of aryl methyl sites for hydroxylation is 1. The first-order chi connectivity index (χ1) is 10.7. The smallest absolute Gasteiger partial charge is 0.217 e. The van der Waals surface area contributed by atoms with Crippen LogP contribution in [0.15, 0.2) is 45.9 Å². The second kappa shape index (κ2) is 4.92. The van der Waals surface area contributed by atoms with Gasteiger partial charge in [0.05, 0.1) is 5.56 Å². The highest BCUT2D eigenvalue weighted by molar-refractivity contribution is 7.08. The summed E-state index contributed by atoms with van der Waals surface area (Å²) in [6, 6.07) is 5.64. The zero-order valence-corrected chi connectivity index (χ0v) is 12.5. The third-order valence-corrected chi connectivity index (χ3v) is 4.17. The molecule has 0 radical (unpaired) electrons. The Labute approximate surface area is 129 Å². The fourth-order valence-electron chi connectivity index (χ4n) is 2.39. The summed E-state index contributed by atoms with van der Waals surface area (Å²) < 4.78 is 4.98. The highest BCUT2D eigenvalue weighted by Crippen LogP contribution is 2.27. The average Bonchev–Trinajstić information content (AvgIpc) is 3.26. The number of rotatable bonds is 3. The SMILES string of the molecule is Cc1cc(C(=O)c2c[nH]c3ncc(-c4ccsc4)cc23)no1. The number of carbonyl (C=O) groups is 1. The Hall–Kier alpha value is -2.73. The van der Waals surface area contributed by atoms with E-state index in [1.54, 1.807) is 36.7 Å². The van der Waals surface area contributed by atoms with E-state index in [-0.39, 0.29) is 5.78 Å². The highest BCUT2D eigenvalue weighted by Gasteiger charge is 2.18. The summed E-state index contributed by atoms with van der Waals surface area (Å²) in [7, 11) is 0. The Morgan fingerprint density at radius 1 is 1.32 bits per heavy atom. The van der Waals surface area contributed by atoms with Gasteiger partial charge in [-0.15, -0.1) is 0 Å². The van der Waals surface area contributed by atoms with Crippen LogP contribution in [0.1, 0.15) is 21.8 Å². The molecule has 0 aliphatic rings. The van der Waals surface area contributed by atoms with Gasteiger partial charge < -0.3 is 9.51 Å². The summed E-state index contributed by atoms with van der Waals surface area (Å²) in [5, 5.41) is 8.65. The number of H-pyrrole nitrogens is 1. The fourth-order valence-corrected chi connectivity index (χ4v) is 3.05. The predicted molar refractivity (Wildman–Crippen MR) is 84.1 cm³/mol. The maximum absolute atomic E-state index is 12.6. The molecule has 0 aliphatic carbocycles. The molecular formula is C16H11N3O2S. The third kappa shape index (κ3) is 2.05. The molecule has 0 unspecified atom stereocenters. The molecular weight excluding hydrogens is 298 g/mol. The molecule has 4 aromatic rings. The van der Waals surface area contributed by atoms with E-state index < -0.39 is 0 Å². The molecule has 0 saturated heterocycles. The van der Waals surface area contributed by atoms with Crippen molar-refractivity contribution in [3.05, 3.63) is 58.4 Å². The molecule has 108 valence electrons. The summed E-state index contributed by atoms with van der Waals surface area (Å²) in [4.78, 5) is 20.0. The van der Waals surface area contributed by atoms with Crippen molar-refractivity contribution in [1.82, 2.24) is 15.1 Å². The average molecular weight is 309 g/mol. The number of carbonyl (C=O) groups excluding carboxylic acids is 1. The van der Waals surface area contributed by atoms with E-state index in [0.717, 1.165) is 16.5 Å². The van der Waals surface area contributed by atoms with Gasteiger partial charge in [-0.25, -0.2) is 4.98 Å². The number of nitrogens with zero attached hydrogens (tertiary/aromatic N) is 2. The molecule has 4 heterocycles. The van der Waals surface area contributed by atoms with E-state index in [4.69, 9.17) is 4.52 Å². The fraction of sp³-hybridized carbons (Fsp3) is 0.0625. The molecule has 0 atom stereocenters. The molecule has 0 aromatic carbocycles. The monoisotopic (exact) mass is 309 g/mol. The number of fused-ring (bicyclic) bond motifs is 1. The normalized spacial score (nSPS) is 11.1. The van der Waals surface area contributed by atoms with Gasteiger partial charge in [-0.2, -0.15) is 11.3 Å². The van der Waals surface area contributed by atoms with Gasteiger partial charge in [-0.05, 0) is 35.4 Å². The molecule has 6 heteroatoms. The van der Waals surface area contributed by atoms with Crippen LogP contribution in [-0.2, 0) is 0 Å². The van der Waals surface area contributed by atoms with Crippen LogP contribution in [0.4, 0.5) is 0 Å². The highest BCUT2D eigenvalue weighted by atomic mass is 32.1. The number of hydrogen-bond acceptors (Lipinski definition) is 5. The lowest BCUT2D eigenvalue weighted by Crippen LogP contribution is -2.00. The maximum atomic E-state index is 12.6. The quantitative estimate of drug-likeness (QED) is 0.584. The molecule has 1 N–H and O–H groups in total. The summed E-state index contributed by atoms with van der Waals surface area (Å²) in [6.07, 6.45) is 3.47. The molecule has 0 amide bonds. The lowest BCUT2D eigenvalue weighted by atomic mass is 10.1. The van der Waals surface area contributed by atoms with E-state index >= 15 is 0 Å². The van der Waals surface area contributed by atoms with Crippen molar-refractivity contribution in [2.24, 2.45) is 0 Å². The Morgan fingerprint density at radius 2 is 2.23 bits per heavy atom. The minimum atomic E-state index is -0.174. The van der Waals surface area contributed by atoms with Crippen LogP contribution >= 0.6 is 11.3 Å². The summed E-state index contributed by atoms with van der Waals surface area (Å²) in [6.45, 7) is 1.76. The Kier molecular flexibility index (Phi) is 2.90. The maximum Gasteiger partial charge on any atom is 0.217 e. The Morgan fingerprint density at radius 3 is 2.95 bits per heavy atom. The summed E-state index contributed by atoms with van der Waals surface area (Å²) >= 11 is 1.63. The molecule has 4 rings (SSSR count). The first-order valence-corrected chi connectivity index (χ1v) is 7.64. The second-order valence-corrected chi connectivity index (χ2v) is 5.77. The van der Waals surface area contributed by atoms with Crippen LogP contribution in [0.5, 0.6) is 0 Å². The number of thiophene rings is 1. The first kappa shape index (κ1) is 13.0. The first-order valence-electron chi connectivity index (χ1n) is 6.70. The van der Waals surface area contributed by atoms with Crippen LogP contribution in [0.25, 0.3) is 22.2 Å². The van der Waals surface area contributed by atoms with Crippen LogP contribution in [0, 0.1) is 6.92 Å². The van der Waals surface area contributed by atoms with Crippen molar-refractivity contribution in [2.45, 2.75) is 6.92 Å². The Bertz CT molecular complexity index is 967. The van der Waals surface area contributed by atoms with Gasteiger partial charge in [-0.3, -0.25) is 4.79 Å². The molecule has 0 fully saturated rings. The van der Waals surface area contributed by atoms with Crippen molar-refractivity contribution in [3.63, 3.8) is 0 Å². The number of ketones is 1. The van der Waals surface area contributed by atoms with Crippen molar-refractivity contribution in [2.75, 3.05) is 0 Å². The zero-order valence-electron chi connectivity index (χ0n) is 11.7. The van der Waals surface area contributed by atoms with Gasteiger partial charge in [0, 0.05) is 29.4 Å².